The van der Waals surface area contributed by atoms with Crippen LogP contribution in [-0.4, -0.2) is 36.3 Å². The van der Waals surface area contributed by atoms with Crippen LogP contribution in [0.25, 0.3) is 0 Å². The number of carbonyl (C=O) groups is 2. The van der Waals surface area contributed by atoms with Gasteiger partial charge in [0.15, 0.2) is 0 Å². The molecule has 2 rings (SSSR count). The quantitative estimate of drug-likeness (QED) is 0.905. The molecule has 1 fully saturated rings. The second kappa shape index (κ2) is 5.18. The third-order valence-electron chi connectivity index (χ3n) is 2.79. The summed E-state index contributed by atoms with van der Waals surface area (Å²) in [6.07, 6.45) is 1.23. The third kappa shape index (κ3) is 3.07. The van der Waals surface area contributed by atoms with Crippen molar-refractivity contribution >= 4 is 39.1 Å². The van der Waals surface area contributed by atoms with Crippen molar-refractivity contribution in [2.45, 2.75) is 18.9 Å². The highest BCUT2D eigenvalue weighted by atomic mass is 79.9. The van der Waals surface area contributed by atoms with E-state index >= 15 is 0 Å². The summed E-state index contributed by atoms with van der Waals surface area (Å²) in [4.78, 5) is 24.9. The summed E-state index contributed by atoms with van der Waals surface area (Å²) in [5, 5.41) is 4.77. The topological polar surface area (TPSA) is 49.4 Å². The van der Waals surface area contributed by atoms with Gasteiger partial charge in [-0.05, 0) is 28.4 Å². The first-order chi connectivity index (χ1) is 8.06. The van der Waals surface area contributed by atoms with E-state index in [-0.39, 0.29) is 17.9 Å². The molecule has 17 heavy (non-hydrogen) atoms. The fourth-order valence-corrected chi connectivity index (χ4v) is 2.96. The van der Waals surface area contributed by atoms with E-state index in [1.54, 1.807) is 18.0 Å². The normalized spacial score (nSPS) is 20.5. The predicted octanol–water partition coefficient (Wildman–Crippen LogP) is 1.86. The third-order valence-corrected chi connectivity index (χ3v) is 4.30. The lowest BCUT2D eigenvalue weighted by Crippen LogP contribution is -2.48. The largest absolute Gasteiger partial charge is 0.347 e. The second-order valence-electron chi connectivity index (χ2n) is 4.12. The standard InChI is InChI=1S/C11H13BrN2O2S/c1-14-5-8(2-3-10(14)15)13-11(16)7-4-9(12)17-6-7/h4,6,8H,2-3,5H2,1H3,(H,13,16). The lowest BCUT2D eigenvalue weighted by Gasteiger charge is -2.30. The Hall–Kier alpha value is -0.880. The number of thiophene rings is 1. The van der Waals surface area contributed by atoms with Crippen molar-refractivity contribution in [3.8, 4) is 0 Å². The zero-order valence-electron chi connectivity index (χ0n) is 9.40. The van der Waals surface area contributed by atoms with E-state index in [4.69, 9.17) is 0 Å². The van der Waals surface area contributed by atoms with Crippen molar-refractivity contribution in [3.63, 3.8) is 0 Å². The molecule has 0 aliphatic carbocycles. The van der Waals surface area contributed by atoms with E-state index in [9.17, 15) is 9.59 Å². The Bertz CT molecular complexity index is 446. The number of likely N-dealkylation sites (tertiary alicyclic amines) is 1. The minimum absolute atomic E-state index is 0.0591. The molecule has 1 aromatic rings. The summed E-state index contributed by atoms with van der Waals surface area (Å²) in [6.45, 7) is 0.593. The van der Waals surface area contributed by atoms with Gasteiger partial charge in [0.25, 0.3) is 5.91 Å². The average Bonchev–Trinajstić information content (AvgIpc) is 2.70. The number of amides is 2. The van der Waals surface area contributed by atoms with Crippen LogP contribution in [0.5, 0.6) is 0 Å². The second-order valence-corrected chi connectivity index (χ2v) is 6.41. The molecule has 0 aromatic carbocycles. The van der Waals surface area contributed by atoms with Crippen LogP contribution in [0.3, 0.4) is 0 Å². The number of nitrogens with one attached hydrogen (secondary N) is 1. The molecule has 1 aliphatic heterocycles. The van der Waals surface area contributed by atoms with Gasteiger partial charge in [-0.1, -0.05) is 0 Å². The SMILES string of the molecule is CN1CC(NC(=O)c2csc(Br)c2)CCC1=O. The molecule has 1 aromatic heterocycles. The Balaban J connectivity index is 1.93. The molecule has 92 valence electrons. The molecule has 1 N–H and O–H groups in total. The minimum atomic E-state index is -0.0697. The average molecular weight is 317 g/mol. The summed E-state index contributed by atoms with van der Waals surface area (Å²) in [6, 6.07) is 1.86. The van der Waals surface area contributed by atoms with Gasteiger partial charge >= 0.3 is 0 Å². The molecule has 1 saturated heterocycles. The Labute approximate surface area is 112 Å². The van der Waals surface area contributed by atoms with Crippen molar-refractivity contribution in [1.29, 1.82) is 0 Å². The Morgan fingerprint density at radius 2 is 2.41 bits per heavy atom. The van der Waals surface area contributed by atoms with Gasteiger partial charge in [0.05, 0.1) is 9.35 Å². The summed E-state index contributed by atoms with van der Waals surface area (Å²) in [5.74, 6) is 0.0773. The molecule has 1 atom stereocenters. The van der Waals surface area contributed by atoms with Crippen molar-refractivity contribution in [1.82, 2.24) is 10.2 Å². The van der Waals surface area contributed by atoms with Gasteiger partial charge in [-0.15, -0.1) is 11.3 Å². The van der Waals surface area contributed by atoms with Crippen molar-refractivity contribution in [2.75, 3.05) is 13.6 Å². The first-order valence-electron chi connectivity index (χ1n) is 5.35. The van der Waals surface area contributed by atoms with Crippen LogP contribution >= 0.6 is 27.3 Å². The van der Waals surface area contributed by atoms with Gasteiger partial charge in [0, 0.05) is 31.4 Å². The molecular weight excluding hydrogens is 304 g/mol. The van der Waals surface area contributed by atoms with Crippen LogP contribution in [0.15, 0.2) is 15.2 Å². The van der Waals surface area contributed by atoms with Crippen LogP contribution in [0.4, 0.5) is 0 Å². The zero-order valence-corrected chi connectivity index (χ0v) is 11.8. The number of halogens is 1. The number of hydrogen-bond acceptors (Lipinski definition) is 3. The van der Waals surface area contributed by atoms with E-state index in [1.165, 1.54) is 11.3 Å². The van der Waals surface area contributed by atoms with Crippen LogP contribution in [0, 0.1) is 0 Å². The summed E-state index contributed by atoms with van der Waals surface area (Å²) < 4.78 is 0.943. The monoisotopic (exact) mass is 316 g/mol. The summed E-state index contributed by atoms with van der Waals surface area (Å²) in [5.41, 5.74) is 0.668. The van der Waals surface area contributed by atoms with Crippen molar-refractivity contribution in [3.05, 3.63) is 20.8 Å². The lowest BCUT2D eigenvalue weighted by molar-refractivity contribution is -0.132. The first-order valence-corrected chi connectivity index (χ1v) is 7.02. The zero-order chi connectivity index (χ0) is 12.4. The Morgan fingerprint density at radius 1 is 1.65 bits per heavy atom. The molecule has 2 amide bonds. The van der Waals surface area contributed by atoms with E-state index in [0.29, 0.717) is 18.5 Å². The molecule has 1 aliphatic rings. The van der Waals surface area contributed by atoms with Gasteiger partial charge in [-0.3, -0.25) is 9.59 Å². The maximum atomic E-state index is 11.9. The lowest BCUT2D eigenvalue weighted by atomic mass is 10.1. The molecule has 0 radical (unpaired) electrons. The molecule has 0 saturated carbocycles. The van der Waals surface area contributed by atoms with Gasteiger partial charge in [0.1, 0.15) is 0 Å². The number of carbonyl (C=O) groups excluding carboxylic acids is 2. The minimum Gasteiger partial charge on any atom is -0.347 e. The van der Waals surface area contributed by atoms with Crippen molar-refractivity contribution < 1.29 is 9.59 Å². The highest BCUT2D eigenvalue weighted by molar-refractivity contribution is 9.11. The number of rotatable bonds is 2. The maximum absolute atomic E-state index is 11.9. The van der Waals surface area contributed by atoms with Gasteiger partial charge in [-0.25, -0.2) is 0 Å². The number of nitrogens with zero attached hydrogens (tertiary/aromatic N) is 1. The molecule has 4 nitrogen and oxygen atoms in total. The fraction of sp³-hybridized carbons (Fsp3) is 0.455. The van der Waals surface area contributed by atoms with Crippen LogP contribution in [0.2, 0.25) is 0 Å². The highest BCUT2D eigenvalue weighted by Gasteiger charge is 2.24. The number of hydrogen-bond donors (Lipinski definition) is 1. The van der Waals surface area contributed by atoms with Gasteiger partial charge < -0.3 is 10.2 Å². The van der Waals surface area contributed by atoms with Crippen LogP contribution < -0.4 is 5.32 Å². The smallest absolute Gasteiger partial charge is 0.252 e. The first kappa shape index (κ1) is 12.6. The number of piperidine rings is 1. The fourth-order valence-electron chi connectivity index (χ4n) is 1.83. The molecule has 0 bridgehead atoms. The highest BCUT2D eigenvalue weighted by Crippen LogP contribution is 2.21. The number of likely N-dealkylation sites (N-methyl/N-ethyl adjacent to an activating group) is 1. The van der Waals surface area contributed by atoms with Gasteiger partial charge in [-0.2, -0.15) is 0 Å². The molecule has 6 heteroatoms. The summed E-state index contributed by atoms with van der Waals surface area (Å²) in [7, 11) is 1.77. The van der Waals surface area contributed by atoms with E-state index in [0.717, 1.165) is 10.2 Å². The summed E-state index contributed by atoms with van der Waals surface area (Å²) >= 11 is 4.82. The molecule has 1 unspecified atom stereocenters. The van der Waals surface area contributed by atoms with Crippen LogP contribution in [-0.2, 0) is 4.79 Å². The van der Waals surface area contributed by atoms with Crippen LogP contribution in [0.1, 0.15) is 23.2 Å². The molecular formula is C11H13BrN2O2S. The van der Waals surface area contributed by atoms with Crippen molar-refractivity contribution in [2.24, 2.45) is 0 Å². The Kier molecular flexibility index (Phi) is 3.83. The Morgan fingerprint density at radius 3 is 3.00 bits per heavy atom. The maximum Gasteiger partial charge on any atom is 0.252 e. The molecule has 0 spiro atoms. The van der Waals surface area contributed by atoms with Gasteiger partial charge in [0.2, 0.25) is 5.91 Å². The molecule has 2 heterocycles. The van der Waals surface area contributed by atoms with E-state index in [2.05, 4.69) is 21.2 Å². The van der Waals surface area contributed by atoms with E-state index < -0.39 is 0 Å². The van der Waals surface area contributed by atoms with E-state index in [1.807, 2.05) is 5.38 Å². The predicted molar refractivity (Wildman–Crippen MR) is 70.1 cm³/mol.